The average Bonchev–Trinajstić information content (AvgIpc) is 2.30. The molecule has 0 fully saturated rings. The van der Waals surface area contributed by atoms with Gasteiger partial charge in [0.1, 0.15) is 5.58 Å². The highest BCUT2D eigenvalue weighted by Crippen LogP contribution is 2.15. The van der Waals surface area contributed by atoms with Crippen molar-refractivity contribution in [1.29, 1.82) is 0 Å². The van der Waals surface area contributed by atoms with Crippen LogP contribution in [0.4, 0.5) is 0 Å². The van der Waals surface area contributed by atoms with E-state index in [-0.39, 0.29) is 11.1 Å². The molecule has 1 N–H and O–H groups in total. The van der Waals surface area contributed by atoms with E-state index in [1.807, 2.05) is 13.8 Å². The SMILES string of the molecule is CC.O=C(O)c1cc(=O)oc2ccccc12. The summed E-state index contributed by atoms with van der Waals surface area (Å²) in [4.78, 5) is 21.8. The fourth-order valence-electron chi connectivity index (χ4n) is 1.29. The monoisotopic (exact) mass is 220 g/mol. The van der Waals surface area contributed by atoms with Crippen molar-refractivity contribution in [2.75, 3.05) is 0 Å². The van der Waals surface area contributed by atoms with Crippen molar-refractivity contribution in [3.8, 4) is 0 Å². The maximum atomic E-state index is 11.0. The molecule has 0 unspecified atom stereocenters. The molecule has 2 aromatic rings. The predicted molar refractivity (Wildman–Crippen MR) is 60.8 cm³/mol. The van der Waals surface area contributed by atoms with Crippen LogP contribution in [0, 0.1) is 0 Å². The molecule has 1 aromatic carbocycles. The maximum Gasteiger partial charge on any atom is 0.337 e. The van der Waals surface area contributed by atoms with Crippen LogP contribution < -0.4 is 5.63 Å². The first-order chi connectivity index (χ1) is 7.68. The van der Waals surface area contributed by atoms with Gasteiger partial charge in [-0.25, -0.2) is 9.59 Å². The summed E-state index contributed by atoms with van der Waals surface area (Å²) in [7, 11) is 0. The fourth-order valence-corrected chi connectivity index (χ4v) is 1.29. The lowest BCUT2D eigenvalue weighted by Gasteiger charge is -1.98. The van der Waals surface area contributed by atoms with Gasteiger partial charge in [0, 0.05) is 11.5 Å². The van der Waals surface area contributed by atoms with E-state index < -0.39 is 11.6 Å². The van der Waals surface area contributed by atoms with Crippen molar-refractivity contribution in [3.63, 3.8) is 0 Å². The van der Waals surface area contributed by atoms with Gasteiger partial charge in [0.05, 0.1) is 5.56 Å². The summed E-state index contributed by atoms with van der Waals surface area (Å²) >= 11 is 0. The van der Waals surface area contributed by atoms with Crippen molar-refractivity contribution >= 4 is 16.9 Å². The molecule has 1 heterocycles. The summed E-state index contributed by atoms with van der Waals surface area (Å²) in [6.45, 7) is 4.00. The van der Waals surface area contributed by atoms with Crippen LogP contribution in [0.3, 0.4) is 0 Å². The zero-order valence-corrected chi connectivity index (χ0v) is 9.06. The van der Waals surface area contributed by atoms with Gasteiger partial charge in [-0.2, -0.15) is 0 Å². The summed E-state index contributed by atoms with van der Waals surface area (Å²) in [6.07, 6.45) is 0. The Hall–Kier alpha value is -2.10. The first kappa shape index (κ1) is 12.0. The Morgan fingerprint density at radius 2 is 1.88 bits per heavy atom. The van der Waals surface area contributed by atoms with Crippen molar-refractivity contribution in [3.05, 3.63) is 46.3 Å². The summed E-state index contributed by atoms with van der Waals surface area (Å²) in [5.74, 6) is -1.13. The van der Waals surface area contributed by atoms with E-state index in [4.69, 9.17) is 9.52 Å². The predicted octanol–water partition coefficient (Wildman–Crippen LogP) is 2.52. The normalized spacial score (nSPS) is 9.38. The number of hydrogen-bond donors (Lipinski definition) is 1. The fraction of sp³-hybridized carbons (Fsp3) is 0.167. The number of hydrogen-bond acceptors (Lipinski definition) is 3. The average molecular weight is 220 g/mol. The molecule has 2 rings (SSSR count). The zero-order chi connectivity index (χ0) is 12.1. The van der Waals surface area contributed by atoms with Crippen LogP contribution in [-0.4, -0.2) is 11.1 Å². The number of carboxylic acid groups (broad SMARTS) is 1. The van der Waals surface area contributed by atoms with Gasteiger partial charge in [-0.1, -0.05) is 32.0 Å². The van der Waals surface area contributed by atoms with Gasteiger partial charge in [0.2, 0.25) is 0 Å². The third kappa shape index (κ3) is 2.28. The Morgan fingerprint density at radius 1 is 1.25 bits per heavy atom. The van der Waals surface area contributed by atoms with Crippen LogP contribution in [0.1, 0.15) is 24.2 Å². The number of fused-ring (bicyclic) bond motifs is 1. The van der Waals surface area contributed by atoms with Crippen molar-refractivity contribution in [2.45, 2.75) is 13.8 Å². The Bertz CT molecular complexity index is 554. The second kappa shape index (κ2) is 5.11. The minimum atomic E-state index is -1.13. The molecule has 1 aromatic heterocycles. The molecule has 4 heteroatoms. The van der Waals surface area contributed by atoms with Gasteiger partial charge in [-0.05, 0) is 6.07 Å². The second-order valence-electron chi connectivity index (χ2n) is 2.78. The molecular weight excluding hydrogens is 208 g/mol. The number of carboxylic acids is 1. The molecule has 0 atom stereocenters. The number of benzene rings is 1. The van der Waals surface area contributed by atoms with E-state index in [0.717, 1.165) is 6.07 Å². The molecule has 84 valence electrons. The van der Waals surface area contributed by atoms with Gasteiger partial charge in [0.15, 0.2) is 0 Å². The van der Waals surface area contributed by atoms with Gasteiger partial charge in [-0.15, -0.1) is 0 Å². The smallest absolute Gasteiger partial charge is 0.337 e. The summed E-state index contributed by atoms with van der Waals surface area (Å²) in [5, 5.41) is 9.26. The second-order valence-corrected chi connectivity index (χ2v) is 2.78. The van der Waals surface area contributed by atoms with E-state index >= 15 is 0 Å². The molecule has 0 bridgehead atoms. The lowest BCUT2D eigenvalue weighted by Crippen LogP contribution is -2.05. The van der Waals surface area contributed by atoms with Crippen LogP contribution in [0.5, 0.6) is 0 Å². The molecule has 0 saturated heterocycles. The van der Waals surface area contributed by atoms with Gasteiger partial charge >= 0.3 is 11.6 Å². The molecule has 0 aliphatic carbocycles. The van der Waals surface area contributed by atoms with E-state index in [1.54, 1.807) is 24.3 Å². The molecule has 0 radical (unpaired) electrons. The highest BCUT2D eigenvalue weighted by molar-refractivity contribution is 6.01. The Morgan fingerprint density at radius 3 is 2.50 bits per heavy atom. The number of rotatable bonds is 1. The van der Waals surface area contributed by atoms with Crippen LogP contribution in [0.25, 0.3) is 11.0 Å². The number of aromatic carboxylic acids is 1. The zero-order valence-electron chi connectivity index (χ0n) is 9.06. The standard InChI is InChI=1S/C10H6O4.C2H6/c11-9-5-7(10(12)13)6-3-1-2-4-8(6)14-9;1-2/h1-5H,(H,12,13);1-2H3. The first-order valence-corrected chi connectivity index (χ1v) is 4.94. The lowest BCUT2D eigenvalue weighted by molar-refractivity contribution is 0.0698. The highest BCUT2D eigenvalue weighted by Gasteiger charge is 2.10. The molecule has 0 saturated carbocycles. The maximum absolute atomic E-state index is 11.0. The third-order valence-corrected chi connectivity index (χ3v) is 1.88. The van der Waals surface area contributed by atoms with Crippen molar-refractivity contribution in [1.82, 2.24) is 0 Å². The van der Waals surface area contributed by atoms with Crippen LogP contribution in [-0.2, 0) is 0 Å². The van der Waals surface area contributed by atoms with E-state index in [1.165, 1.54) is 0 Å². The summed E-state index contributed by atoms with van der Waals surface area (Å²) in [6, 6.07) is 7.50. The lowest BCUT2D eigenvalue weighted by atomic mass is 10.1. The molecule has 16 heavy (non-hydrogen) atoms. The topological polar surface area (TPSA) is 67.5 Å². The molecule has 0 aliphatic rings. The summed E-state index contributed by atoms with van der Waals surface area (Å²) < 4.78 is 4.83. The van der Waals surface area contributed by atoms with Crippen molar-refractivity contribution < 1.29 is 14.3 Å². The highest BCUT2D eigenvalue weighted by atomic mass is 16.4. The van der Waals surface area contributed by atoms with Crippen LogP contribution in [0.15, 0.2) is 39.5 Å². The van der Waals surface area contributed by atoms with E-state index in [9.17, 15) is 9.59 Å². The van der Waals surface area contributed by atoms with E-state index in [0.29, 0.717) is 5.39 Å². The molecular formula is C12H12O4. The molecule has 0 aliphatic heterocycles. The largest absolute Gasteiger partial charge is 0.478 e. The van der Waals surface area contributed by atoms with Gasteiger partial charge < -0.3 is 9.52 Å². The molecule has 0 spiro atoms. The number of carbonyl (C=O) groups is 1. The Labute approximate surface area is 92.1 Å². The van der Waals surface area contributed by atoms with Gasteiger partial charge in [0.25, 0.3) is 0 Å². The van der Waals surface area contributed by atoms with E-state index in [2.05, 4.69) is 0 Å². The third-order valence-electron chi connectivity index (χ3n) is 1.88. The minimum absolute atomic E-state index is 0.0307. The Kier molecular flexibility index (Phi) is 3.83. The first-order valence-electron chi connectivity index (χ1n) is 4.94. The number of para-hydroxylation sites is 1. The minimum Gasteiger partial charge on any atom is -0.478 e. The van der Waals surface area contributed by atoms with Crippen LogP contribution >= 0.6 is 0 Å². The summed E-state index contributed by atoms with van der Waals surface area (Å²) in [5.41, 5.74) is -0.393. The van der Waals surface area contributed by atoms with Crippen LogP contribution in [0.2, 0.25) is 0 Å². The van der Waals surface area contributed by atoms with Gasteiger partial charge in [-0.3, -0.25) is 0 Å². The molecule has 4 nitrogen and oxygen atoms in total. The Balaban J connectivity index is 0.000000606. The quantitative estimate of drug-likeness (QED) is 0.750. The van der Waals surface area contributed by atoms with Crippen molar-refractivity contribution in [2.24, 2.45) is 0 Å². The molecule has 0 amide bonds.